The SMILES string of the molecule is Cc1ccc(SCCNC(=O)C(N)C2CCOCC2)cc1. The van der Waals surface area contributed by atoms with Crippen LogP contribution < -0.4 is 11.1 Å². The zero-order valence-corrected chi connectivity index (χ0v) is 13.3. The van der Waals surface area contributed by atoms with E-state index in [4.69, 9.17) is 10.5 Å². The number of rotatable bonds is 6. The highest BCUT2D eigenvalue weighted by Crippen LogP contribution is 2.19. The molecule has 2 rings (SSSR count). The van der Waals surface area contributed by atoms with Crippen LogP contribution in [0.25, 0.3) is 0 Å². The van der Waals surface area contributed by atoms with Crippen LogP contribution in [0.2, 0.25) is 0 Å². The molecule has 3 N–H and O–H groups in total. The zero-order valence-electron chi connectivity index (χ0n) is 12.5. The van der Waals surface area contributed by atoms with Gasteiger partial charge in [-0.05, 0) is 37.8 Å². The van der Waals surface area contributed by atoms with Crippen LogP contribution in [0.1, 0.15) is 18.4 Å². The highest BCUT2D eigenvalue weighted by molar-refractivity contribution is 7.99. The van der Waals surface area contributed by atoms with Crippen molar-refractivity contribution < 1.29 is 9.53 Å². The van der Waals surface area contributed by atoms with Gasteiger partial charge in [0, 0.05) is 30.4 Å². The largest absolute Gasteiger partial charge is 0.381 e. The van der Waals surface area contributed by atoms with E-state index in [1.807, 2.05) is 0 Å². The van der Waals surface area contributed by atoms with E-state index in [2.05, 4.69) is 36.5 Å². The van der Waals surface area contributed by atoms with Crippen molar-refractivity contribution in [2.75, 3.05) is 25.5 Å². The van der Waals surface area contributed by atoms with E-state index in [0.717, 1.165) is 31.8 Å². The highest BCUT2D eigenvalue weighted by atomic mass is 32.2. The molecular formula is C16H24N2O2S. The van der Waals surface area contributed by atoms with Gasteiger partial charge in [-0.3, -0.25) is 4.79 Å². The summed E-state index contributed by atoms with van der Waals surface area (Å²) in [5, 5.41) is 2.94. The Labute approximate surface area is 130 Å². The van der Waals surface area contributed by atoms with Gasteiger partial charge in [-0.25, -0.2) is 0 Å². The molecule has 0 radical (unpaired) electrons. The predicted molar refractivity (Wildman–Crippen MR) is 86.4 cm³/mol. The fraction of sp³-hybridized carbons (Fsp3) is 0.562. The van der Waals surface area contributed by atoms with Gasteiger partial charge in [0.15, 0.2) is 0 Å². The maximum Gasteiger partial charge on any atom is 0.237 e. The average molecular weight is 308 g/mol. The molecule has 0 aromatic heterocycles. The third kappa shape index (κ3) is 5.34. The van der Waals surface area contributed by atoms with Gasteiger partial charge in [0.05, 0.1) is 6.04 Å². The Morgan fingerprint density at radius 1 is 1.38 bits per heavy atom. The number of hydrogen-bond acceptors (Lipinski definition) is 4. The monoisotopic (exact) mass is 308 g/mol. The van der Waals surface area contributed by atoms with Gasteiger partial charge in [0.25, 0.3) is 0 Å². The van der Waals surface area contributed by atoms with Crippen LogP contribution in [0.4, 0.5) is 0 Å². The maximum absolute atomic E-state index is 12.0. The van der Waals surface area contributed by atoms with Crippen LogP contribution in [0, 0.1) is 12.8 Å². The molecule has 1 saturated heterocycles. The molecule has 0 bridgehead atoms. The first-order valence-corrected chi connectivity index (χ1v) is 8.46. The summed E-state index contributed by atoms with van der Waals surface area (Å²) < 4.78 is 5.29. The number of nitrogens with one attached hydrogen (secondary N) is 1. The van der Waals surface area contributed by atoms with Gasteiger partial charge in [-0.1, -0.05) is 17.7 Å². The van der Waals surface area contributed by atoms with Crippen molar-refractivity contribution in [2.24, 2.45) is 11.7 Å². The third-order valence-corrected chi connectivity index (χ3v) is 4.78. The van der Waals surface area contributed by atoms with Crippen LogP contribution in [0.3, 0.4) is 0 Å². The summed E-state index contributed by atoms with van der Waals surface area (Å²) in [5.74, 6) is 1.07. The van der Waals surface area contributed by atoms with E-state index >= 15 is 0 Å². The van der Waals surface area contributed by atoms with E-state index in [0.29, 0.717) is 6.54 Å². The minimum atomic E-state index is -0.404. The standard InChI is InChI=1S/C16H24N2O2S/c1-12-2-4-14(5-3-12)21-11-8-18-16(19)15(17)13-6-9-20-10-7-13/h2-5,13,15H,6-11,17H2,1H3,(H,18,19). The molecule has 1 aliphatic rings. The number of aryl methyl sites for hydroxylation is 1. The Kier molecular flexibility index (Phi) is 6.54. The van der Waals surface area contributed by atoms with E-state index < -0.39 is 6.04 Å². The van der Waals surface area contributed by atoms with Crippen molar-refractivity contribution in [3.63, 3.8) is 0 Å². The van der Waals surface area contributed by atoms with E-state index in [-0.39, 0.29) is 11.8 Å². The first kappa shape index (κ1) is 16.3. The molecule has 1 aliphatic heterocycles. The summed E-state index contributed by atoms with van der Waals surface area (Å²) in [6, 6.07) is 8.01. The zero-order chi connectivity index (χ0) is 15.1. The Morgan fingerprint density at radius 3 is 2.71 bits per heavy atom. The van der Waals surface area contributed by atoms with Crippen molar-refractivity contribution in [2.45, 2.75) is 30.7 Å². The molecule has 5 heteroatoms. The molecule has 1 amide bonds. The summed E-state index contributed by atoms with van der Waals surface area (Å²) in [5.41, 5.74) is 7.29. The summed E-state index contributed by atoms with van der Waals surface area (Å²) in [7, 11) is 0. The second kappa shape index (κ2) is 8.41. The molecule has 1 aromatic carbocycles. The van der Waals surface area contributed by atoms with Crippen LogP contribution in [0.5, 0.6) is 0 Å². The van der Waals surface area contributed by atoms with Gasteiger partial charge in [-0.2, -0.15) is 0 Å². The first-order valence-electron chi connectivity index (χ1n) is 7.47. The molecule has 1 heterocycles. The number of nitrogens with two attached hydrogens (primary N) is 1. The topological polar surface area (TPSA) is 64.4 Å². The van der Waals surface area contributed by atoms with Crippen molar-refractivity contribution in [1.29, 1.82) is 0 Å². The molecule has 4 nitrogen and oxygen atoms in total. The number of ether oxygens (including phenoxy) is 1. The summed E-state index contributed by atoms with van der Waals surface area (Å²) in [6.45, 7) is 4.16. The van der Waals surface area contributed by atoms with Crippen LogP contribution in [-0.2, 0) is 9.53 Å². The van der Waals surface area contributed by atoms with Crippen molar-refractivity contribution in [3.05, 3.63) is 29.8 Å². The smallest absolute Gasteiger partial charge is 0.237 e. The molecule has 116 valence electrons. The van der Waals surface area contributed by atoms with Gasteiger partial charge in [0.2, 0.25) is 5.91 Å². The van der Waals surface area contributed by atoms with Crippen LogP contribution >= 0.6 is 11.8 Å². The molecule has 0 spiro atoms. The second-order valence-electron chi connectivity index (χ2n) is 5.43. The molecule has 1 fully saturated rings. The normalized spacial score (nSPS) is 17.4. The second-order valence-corrected chi connectivity index (χ2v) is 6.60. The molecule has 0 saturated carbocycles. The number of carbonyl (C=O) groups is 1. The van der Waals surface area contributed by atoms with Crippen molar-refractivity contribution in [3.8, 4) is 0 Å². The van der Waals surface area contributed by atoms with E-state index in [9.17, 15) is 4.79 Å². The summed E-state index contributed by atoms with van der Waals surface area (Å²) in [6.07, 6.45) is 1.76. The lowest BCUT2D eigenvalue weighted by atomic mass is 9.92. The molecule has 21 heavy (non-hydrogen) atoms. The van der Waals surface area contributed by atoms with Crippen LogP contribution in [0.15, 0.2) is 29.2 Å². The Morgan fingerprint density at radius 2 is 2.05 bits per heavy atom. The van der Waals surface area contributed by atoms with Gasteiger partial charge in [0.1, 0.15) is 0 Å². The third-order valence-electron chi connectivity index (χ3n) is 3.77. The molecule has 0 aliphatic carbocycles. The fourth-order valence-corrected chi connectivity index (χ4v) is 3.15. The molecule has 1 atom stereocenters. The van der Waals surface area contributed by atoms with Gasteiger partial charge < -0.3 is 15.8 Å². The number of amides is 1. The molecular weight excluding hydrogens is 284 g/mol. The number of hydrogen-bond donors (Lipinski definition) is 2. The summed E-state index contributed by atoms with van der Waals surface area (Å²) >= 11 is 1.74. The average Bonchev–Trinajstić information content (AvgIpc) is 2.53. The quantitative estimate of drug-likeness (QED) is 0.623. The predicted octanol–water partition coefficient (Wildman–Crippen LogP) is 1.96. The van der Waals surface area contributed by atoms with Crippen molar-refractivity contribution in [1.82, 2.24) is 5.32 Å². The maximum atomic E-state index is 12.0. The lowest BCUT2D eigenvalue weighted by Gasteiger charge is -2.26. The van der Waals surface area contributed by atoms with Crippen LogP contribution in [-0.4, -0.2) is 37.5 Å². The minimum Gasteiger partial charge on any atom is -0.381 e. The molecule has 1 aromatic rings. The van der Waals surface area contributed by atoms with Gasteiger partial charge >= 0.3 is 0 Å². The Bertz CT molecular complexity index is 444. The molecule has 1 unspecified atom stereocenters. The van der Waals surface area contributed by atoms with E-state index in [1.165, 1.54) is 10.5 Å². The number of thioether (sulfide) groups is 1. The van der Waals surface area contributed by atoms with Gasteiger partial charge in [-0.15, -0.1) is 11.8 Å². The Balaban J connectivity index is 1.65. The first-order chi connectivity index (χ1) is 10.2. The summed E-state index contributed by atoms with van der Waals surface area (Å²) in [4.78, 5) is 13.2. The lowest BCUT2D eigenvalue weighted by molar-refractivity contribution is -0.124. The van der Waals surface area contributed by atoms with Crippen molar-refractivity contribution >= 4 is 17.7 Å². The number of carbonyl (C=O) groups excluding carboxylic acids is 1. The Hall–Kier alpha value is -1.04. The number of benzene rings is 1. The lowest BCUT2D eigenvalue weighted by Crippen LogP contribution is -2.47. The highest BCUT2D eigenvalue weighted by Gasteiger charge is 2.26. The van der Waals surface area contributed by atoms with E-state index in [1.54, 1.807) is 11.8 Å². The fourth-order valence-electron chi connectivity index (χ4n) is 2.38. The minimum absolute atomic E-state index is 0.0357.